The van der Waals surface area contributed by atoms with E-state index in [-0.39, 0.29) is 0 Å². The fourth-order valence-electron chi connectivity index (χ4n) is 1.88. The highest BCUT2D eigenvalue weighted by atomic mass is 79.9. The third kappa shape index (κ3) is 3.34. The van der Waals surface area contributed by atoms with Crippen LogP contribution in [0.4, 0.5) is 0 Å². The normalized spacial score (nSPS) is 12.4. The minimum Gasteiger partial charge on any atom is -0.497 e. The number of nitrogens with one attached hydrogen (secondary N) is 1. The Hall–Kier alpha value is -0.840. The van der Waals surface area contributed by atoms with E-state index < -0.39 is 0 Å². The number of hydrogen-bond acceptors (Lipinski definition) is 3. The molecule has 1 heterocycles. The highest BCUT2D eigenvalue weighted by molar-refractivity contribution is 9.10. The van der Waals surface area contributed by atoms with Crippen LogP contribution < -0.4 is 10.1 Å². The molecule has 4 heteroatoms. The summed E-state index contributed by atoms with van der Waals surface area (Å²) in [6, 6.07) is 10.7. The van der Waals surface area contributed by atoms with Crippen LogP contribution in [-0.2, 0) is 6.42 Å². The zero-order chi connectivity index (χ0) is 13.0. The molecule has 2 aromatic rings. The second-order valence-corrected chi connectivity index (χ2v) is 5.96. The highest BCUT2D eigenvalue weighted by Crippen LogP contribution is 2.26. The SMILES string of the molecule is CNC(Cc1cc(Br)cs1)c1ccc(OC)cc1. The third-order valence-electron chi connectivity index (χ3n) is 2.89. The Morgan fingerprint density at radius 1 is 1.33 bits per heavy atom. The van der Waals surface area contributed by atoms with Gasteiger partial charge in [0, 0.05) is 27.2 Å². The molecule has 2 rings (SSSR count). The molecule has 0 saturated heterocycles. The molecule has 0 fully saturated rings. The fourth-order valence-corrected chi connectivity index (χ4v) is 3.38. The van der Waals surface area contributed by atoms with Gasteiger partial charge in [-0.25, -0.2) is 0 Å². The van der Waals surface area contributed by atoms with Crippen LogP contribution in [0.5, 0.6) is 5.75 Å². The molecule has 96 valence electrons. The number of halogens is 1. The van der Waals surface area contributed by atoms with E-state index in [2.05, 4.69) is 44.8 Å². The number of hydrogen-bond donors (Lipinski definition) is 1. The summed E-state index contributed by atoms with van der Waals surface area (Å²) in [6.07, 6.45) is 0.999. The van der Waals surface area contributed by atoms with Crippen molar-refractivity contribution >= 4 is 27.3 Å². The molecule has 0 bridgehead atoms. The number of thiophene rings is 1. The van der Waals surface area contributed by atoms with Gasteiger partial charge in [0.15, 0.2) is 0 Å². The van der Waals surface area contributed by atoms with Gasteiger partial charge in [0.2, 0.25) is 0 Å². The van der Waals surface area contributed by atoms with E-state index in [4.69, 9.17) is 4.74 Å². The Bertz CT molecular complexity index is 495. The van der Waals surface area contributed by atoms with Crippen molar-refractivity contribution in [3.05, 3.63) is 50.6 Å². The topological polar surface area (TPSA) is 21.3 Å². The molecule has 0 saturated carbocycles. The van der Waals surface area contributed by atoms with E-state index in [1.54, 1.807) is 18.4 Å². The van der Waals surface area contributed by atoms with Gasteiger partial charge in [0.25, 0.3) is 0 Å². The summed E-state index contributed by atoms with van der Waals surface area (Å²) in [5.41, 5.74) is 1.28. The monoisotopic (exact) mass is 325 g/mol. The van der Waals surface area contributed by atoms with E-state index in [9.17, 15) is 0 Å². The average Bonchev–Trinajstić information content (AvgIpc) is 2.82. The van der Waals surface area contributed by atoms with Gasteiger partial charge in [-0.3, -0.25) is 0 Å². The van der Waals surface area contributed by atoms with Crippen LogP contribution in [0.15, 0.2) is 40.2 Å². The standard InChI is InChI=1S/C14H16BrNOS/c1-16-14(8-13-7-11(15)9-18-13)10-3-5-12(17-2)6-4-10/h3-7,9,14,16H,8H2,1-2H3. The molecule has 2 nitrogen and oxygen atoms in total. The lowest BCUT2D eigenvalue weighted by atomic mass is 10.0. The molecule has 0 amide bonds. The summed E-state index contributed by atoms with van der Waals surface area (Å²) in [4.78, 5) is 1.37. The van der Waals surface area contributed by atoms with Gasteiger partial charge in [-0.15, -0.1) is 11.3 Å². The van der Waals surface area contributed by atoms with Crippen LogP contribution in [0.2, 0.25) is 0 Å². The maximum Gasteiger partial charge on any atom is 0.118 e. The van der Waals surface area contributed by atoms with E-state index >= 15 is 0 Å². The van der Waals surface area contributed by atoms with Gasteiger partial charge in [-0.05, 0) is 46.7 Å². The van der Waals surface area contributed by atoms with Gasteiger partial charge >= 0.3 is 0 Å². The van der Waals surface area contributed by atoms with E-state index in [1.165, 1.54) is 10.4 Å². The predicted molar refractivity (Wildman–Crippen MR) is 80.5 cm³/mol. The summed E-state index contributed by atoms with van der Waals surface area (Å²) >= 11 is 5.28. The van der Waals surface area contributed by atoms with Gasteiger partial charge in [0.05, 0.1) is 7.11 Å². The largest absolute Gasteiger partial charge is 0.497 e. The van der Waals surface area contributed by atoms with Gasteiger partial charge < -0.3 is 10.1 Å². The molecule has 0 aliphatic carbocycles. The second kappa shape index (κ2) is 6.36. The third-order valence-corrected chi connectivity index (χ3v) is 4.61. The molecule has 1 aromatic heterocycles. The highest BCUT2D eigenvalue weighted by Gasteiger charge is 2.11. The zero-order valence-electron chi connectivity index (χ0n) is 10.4. The molecule has 1 unspecified atom stereocenters. The number of rotatable bonds is 5. The first-order valence-corrected chi connectivity index (χ1v) is 7.44. The first kappa shape index (κ1) is 13.6. The quantitative estimate of drug-likeness (QED) is 0.896. The van der Waals surface area contributed by atoms with Crippen LogP contribution >= 0.6 is 27.3 Å². The first-order valence-electron chi connectivity index (χ1n) is 5.77. The maximum absolute atomic E-state index is 5.18. The zero-order valence-corrected chi connectivity index (χ0v) is 12.8. The molecule has 1 atom stereocenters. The lowest BCUT2D eigenvalue weighted by Gasteiger charge is -2.16. The smallest absolute Gasteiger partial charge is 0.118 e. The van der Waals surface area contributed by atoms with Crippen molar-refractivity contribution in [2.45, 2.75) is 12.5 Å². The van der Waals surface area contributed by atoms with Crippen LogP contribution in [0.1, 0.15) is 16.5 Å². The predicted octanol–water partition coefficient (Wildman–Crippen LogP) is 4.02. The van der Waals surface area contributed by atoms with E-state index in [1.807, 2.05) is 19.2 Å². The summed E-state index contributed by atoms with van der Waals surface area (Å²) in [7, 11) is 3.69. The fraction of sp³-hybridized carbons (Fsp3) is 0.286. The van der Waals surface area contributed by atoms with Crippen molar-refractivity contribution in [2.24, 2.45) is 0 Å². The van der Waals surface area contributed by atoms with Gasteiger partial charge in [0.1, 0.15) is 5.75 Å². The number of likely N-dealkylation sites (N-methyl/N-ethyl adjacent to an activating group) is 1. The second-order valence-electron chi connectivity index (χ2n) is 4.05. The summed E-state index contributed by atoms with van der Waals surface area (Å²) in [6.45, 7) is 0. The Morgan fingerprint density at radius 2 is 2.06 bits per heavy atom. The lowest BCUT2D eigenvalue weighted by molar-refractivity contribution is 0.414. The van der Waals surface area contributed by atoms with E-state index in [0.717, 1.165) is 16.6 Å². The summed E-state index contributed by atoms with van der Waals surface area (Å²) in [5.74, 6) is 0.896. The average molecular weight is 326 g/mol. The number of methoxy groups -OCH3 is 1. The van der Waals surface area contributed by atoms with Gasteiger partial charge in [-0.2, -0.15) is 0 Å². The van der Waals surface area contributed by atoms with Crippen molar-refractivity contribution in [1.82, 2.24) is 5.32 Å². The molecule has 1 N–H and O–H groups in total. The van der Waals surface area contributed by atoms with Crippen LogP contribution in [0, 0.1) is 0 Å². The van der Waals surface area contributed by atoms with Gasteiger partial charge in [-0.1, -0.05) is 12.1 Å². The molecular weight excluding hydrogens is 310 g/mol. The molecule has 0 spiro atoms. The maximum atomic E-state index is 5.18. The molecule has 0 radical (unpaired) electrons. The minimum atomic E-state index is 0.335. The van der Waals surface area contributed by atoms with Crippen LogP contribution in [0.25, 0.3) is 0 Å². The summed E-state index contributed by atoms with van der Waals surface area (Å²) in [5, 5.41) is 5.49. The van der Waals surface area contributed by atoms with Crippen molar-refractivity contribution < 1.29 is 4.74 Å². The molecular formula is C14H16BrNOS. The summed E-state index contributed by atoms with van der Waals surface area (Å²) < 4.78 is 6.34. The molecule has 18 heavy (non-hydrogen) atoms. The molecule has 0 aliphatic heterocycles. The molecule has 0 aliphatic rings. The van der Waals surface area contributed by atoms with Crippen LogP contribution in [0.3, 0.4) is 0 Å². The van der Waals surface area contributed by atoms with Crippen molar-refractivity contribution in [3.63, 3.8) is 0 Å². The van der Waals surface area contributed by atoms with Crippen molar-refractivity contribution in [1.29, 1.82) is 0 Å². The lowest BCUT2D eigenvalue weighted by Crippen LogP contribution is -2.18. The minimum absolute atomic E-state index is 0.335. The van der Waals surface area contributed by atoms with Crippen molar-refractivity contribution in [2.75, 3.05) is 14.2 Å². The Balaban J connectivity index is 2.12. The Kier molecular flexibility index (Phi) is 4.80. The number of ether oxygens (including phenoxy) is 1. The Labute approximate surface area is 120 Å². The number of benzene rings is 1. The van der Waals surface area contributed by atoms with Crippen molar-refractivity contribution in [3.8, 4) is 5.75 Å². The van der Waals surface area contributed by atoms with E-state index in [0.29, 0.717) is 6.04 Å². The Morgan fingerprint density at radius 3 is 2.56 bits per heavy atom. The first-order chi connectivity index (χ1) is 8.72. The van der Waals surface area contributed by atoms with Crippen LogP contribution in [-0.4, -0.2) is 14.2 Å². The molecule has 1 aromatic carbocycles.